The van der Waals surface area contributed by atoms with E-state index in [1.54, 1.807) is 12.2 Å². The summed E-state index contributed by atoms with van der Waals surface area (Å²) in [5.41, 5.74) is 2.41. The van der Waals surface area contributed by atoms with E-state index in [1.807, 2.05) is 6.08 Å². The van der Waals surface area contributed by atoms with Gasteiger partial charge in [-0.1, -0.05) is 0 Å². The average Bonchev–Trinajstić information content (AvgIpc) is 2.56. The minimum absolute atomic E-state index is 0.123. The third-order valence-corrected chi connectivity index (χ3v) is 3.01. The van der Waals surface area contributed by atoms with Crippen LogP contribution in [-0.2, 0) is 4.79 Å². The average molecular weight is 188 g/mol. The van der Waals surface area contributed by atoms with E-state index in [4.69, 9.17) is 0 Å². The summed E-state index contributed by atoms with van der Waals surface area (Å²) in [6, 6.07) is 0.431. The molecule has 1 fully saturated rings. The summed E-state index contributed by atoms with van der Waals surface area (Å²) < 4.78 is 0. The molecule has 0 bridgehead atoms. The molecule has 3 heteroatoms. The lowest BCUT2D eigenvalue weighted by Crippen LogP contribution is -2.43. The molecule has 2 heterocycles. The van der Waals surface area contributed by atoms with Gasteiger partial charge in [0.2, 0.25) is 0 Å². The number of fused-ring (bicyclic) bond motifs is 3. The summed E-state index contributed by atoms with van der Waals surface area (Å²) in [6.07, 6.45) is 8.58. The van der Waals surface area contributed by atoms with Gasteiger partial charge in [0.25, 0.3) is 0 Å². The predicted octanol–water partition coefficient (Wildman–Crippen LogP) is 0.571. The summed E-state index contributed by atoms with van der Waals surface area (Å²) in [5.74, 6) is 0.123. The summed E-state index contributed by atoms with van der Waals surface area (Å²) in [5, 5.41) is 3.32. The number of carbonyl (C=O) groups is 1. The third-order valence-electron chi connectivity index (χ3n) is 3.01. The van der Waals surface area contributed by atoms with Crippen molar-refractivity contribution in [1.82, 2.24) is 10.2 Å². The van der Waals surface area contributed by atoms with Gasteiger partial charge < -0.3 is 4.90 Å². The first-order chi connectivity index (χ1) is 6.84. The zero-order valence-corrected chi connectivity index (χ0v) is 7.86. The van der Waals surface area contributed by atoms with Crippen LogP contribution in [0.1, 0.15) is 6.42 Å². The molecular formula is C11H12N2O. The molecule has 3 aliphatic rings. The van der Waals surface area contributed by atoms with E-state index in [0.29, 0.717) is 6.04 Å². The first-order valence-electron chi connectivity index (χ1n) is 4.97. The molecule has 0 aromatic heterocycles. The monoisotopic (exact) mass is 188 g/mol. The lowest BCUT2D eigenvalue weighted by atomic mass is 9.94. The third kappa shape index (κ3) is 1.06. The van der Waals surface area contributed by atoms with Crippen LogP contribution in [0, 0.1) is 0 Å². The SMILES string of the molecule is O=C1C=CC2=CN3CNCCC3C2=C1. The molecule has 0 amide bonds. The summed E-state index contributed by atoms with van der Waals surface area (Å²) in [6.45, 7) is 1.94. The van der Waals surface area contributed by atoms with Gasteiger partial charge in [0, 0.05) is 6.20 Å². The molecule has 72 valence electrons. The Morgan fingerprint density at radius 2 is 2.36 bits per heavy atom. The van der Waals surface area contributed by atoms with Crippen molar-refractivity contribution >= 4 is 5.78 Å². The number of hydrogen-bond donors (Lipinski definition) is 1. The van der Waals surface area contributed by atoms with Crippen LogP contribution in [0.25, 0.3) is 0 Å². The number of carbonyl (C=O) groups excluding carboxylic acids is 1. The van der Waals surface area contributed by atoms with Gasteiger partial charge in [0.15, 0.2) is 5.78 Å². The van der Waals surface area contributed by atoms with Crippen molar-refractivity contribution in [1.29, 1.82) is 0 Å². The molecule has 0 spiro atoms. The Bertz CT molecular complexity index is 379. The molecule has 0 radical (unpaired) electrons. The number of allylic oxidation sites excluding steroid dienone is 3. The van der Waals surface area contributed by atoms with Crippen LogP contribution in [0.15, 0.2) is 35.6 Å². The second-order valence-electron chi connectivity index (χ2n) is 3.90. The van der Waals surface area contributed by atoms with Gasteiger partial charge in [-0.15, -0.1) is 0 Å². The van der Waals surface area contributed by atoms with E-state index >= 15 is 0 Å². The van der Waals surface area contributed by atoms with E-state index in [1.165, 1.54) is 11.1 Å². The number of rotatable bonds is 0. The smallest absolute Gasteiger partial charge is 0.179 e. The first-order valence-corrected chi connectivity index (χ1v) is 4.97. The highest BCUT2D eigenvalue weighted by atomic mass is 16.1. The predicted molar refractivity (Wildman–Crippen MR) is 53.4 cm³/mol. The number of nitrogens with zero attached hydrogens (tertiary/aromatic N) is 1. The lowest BCUT2D eigenvalue weighted by Gasteiger charge is -2.31. The van der Waals surface area contributed by atoms with Crippen LogP contribution in [-0.4, -0.2) is 29.9 Å². The van der Waals surface area contributed by atoms with E-state index in [-0.39, 0.29) is 5.78 Å². The molecule has 1 N–H and O–H groups in total. The van der Waals surface area contributed by atoms with Crippen molar-refractivity contribution < 1.29 is 4.79 Å². The topological polar surface area (TPSA) is 32.3 Å². The minimum Gasteiger partial charge on any atom is -0.357 e. The Kier molecular flexibility index (Phi) is 1.61. The van der Waals surface area contributed by atoms with Crippen molar-refractivity contribution in [3.05, 3.63) is 35.6 Å². The van der Waals surface area contributed by atoms with Crippen molar-refractivity contribution in [2.45, 2.75) is 12.5 Å². The zero-order valence-electron chi connectivity index (χ0n) is 7.86. The van der Waals surface area contributed by atoms with Gasteiger partial charge in [-0.2, -0.15) is 0 Å². The Morgan fingerprint density at radius 3 is 3.29 bits per heavy atom. The molecule has 0 aromatic carbocycles. The Hall–Kier alpha value is -1.35. The molecule has 0 saturated carbocycles. The van der Waals surface area contributed by atoms with Gasteiger partial charge in [-0.25, -0.2) is 0 Å². The summed E-state index contributed by atoms with van der Waals surface area (Å²) in [4.78, 5) is 13.5. The van der Waals surface area contributed by atoms with Crippen molar-refractivity contribution in [3.8, 4) is 0 Å². The van der Waals surface area contributed by atoms with Crippen LogP contribution in [0.2, 0.25) is 0 Å². The number of ketones is 1. The molecule has 0 aromatic rings. The highest BCUT2D eigenvalue weighted by Crippen LogP contribution is 2.33. The Labute approximate surface area is 82.8 Å². The number of nitrogens with one attached hydrogen (secondary N) is 1. The number of hydrogen-bond acceptors (Lipinski definition) is 3. The highest BCUT2D eigenvalue weighted by Gasteiger charge is 2.31. The van der Waals surface area contributed by atoms with Crippen LogP contribution in [0.3, 0.4) is 0 Å². The van der Waals surface area contributed by atoms with Crippen LogP contribution in [0.5, 0.6) is 0 Å². The summed E-state index contributed by atoms with van der Waals surface area (Å²) >= 11 is 0. The van der Waals surface area contributed by atoms with E-state index in [9.17, 15) is 4.79 Å². The Balaban J connectivity index is 2.00. The molecule has 3 rings (SSSR count). The maximum Gasteiger partial charge on any atom is 0.179 e. The van der Waals surface area contributed by atoms with Gasteiger partial charge >= 0.3 is 0 Å². The maximum atomic E-state index is 11.3. The fraction of sp³-hybridized carbons (Fsp3) is 0.364. The first kappa shape index (κ1) is 8.00. The molecule has 1 saturated heterocycles. The fourth-order valence-corrected chi connectivity index (χ4v) is 2.33. The molecular weight excluding hydrogens is 176 g/mol. The van der Waals surface area contributed by atoms with E-state index in [2.05, 4.69) is 16.4 Å². The van der Waals surface area contributed by atoms with Crippen LogP contribution in [0.4, 0.5) is 0 Å². The van der Waals surface area contributed by atoms with Gasteiger partial charge in [0.1, 0.15) is 0 Å². The second kappa shape index (κ2) is 2.82. The molecule has 1 unspecified atom stereocenters. The molecule has 1 aliphatic carbocycles. The second-order valence-corrected chi connectivity index (χ2v) is 3.90. The highest BCUT2D eigenvalue weighted by molar-refractivity contribution is 6.02. The molecule has 3 nitrogen and oxygen atoms in total. The fourth-order valence-electron chi connectivity index (χ4n) is 2.33. The lowest BCUT2D eigenvalue weighted by molar-refractivity contribution is -0.110. The quantitative estimate of drug-likeness (QED) is 0.603. The normalized spacial score (nSPS) is 29.6. The zero-order chi connectivity index (χ0) is 9.54. The molecule has 14 heavy (non-hydrogen) atoms. The molecule has 2 aliphatic heterocycles. The van der Waals surface area contributed by atoms with Gasteiger partial charge in [-0.3, -0.25) is 10.1 Å². The van der Waals surface area contributed by atoms with Gasteiger partial charge in [0.05, 0.1) is 12.7 Å². The standard InChI is InChI=1S/C11H12N2O/c14-9-2-1-8-6-13-7-12-4-3-11(13)10(8)5-9/h1-2,5-6,11-12H,3-4,7H2. The molecule has 1 atom stereocenters. The maximum absolute atomic E-state index is 11.3. The van der Waals surface area contributed by atoms with Crippen LogP contribution >= 0.6 is 0 Å². The minimum atomic E-state index is 0.123. The Morgan fingerprint density at radius 1 is 1.43 bits per heavy atom. The van der Waals surface area contributed by atoms with Crippen molar-refractivity contribution in [2.24, 2.45) is 0 Å². The van der Waals surface area contributed by atoms with Crippen molar-refractivity contribution in [2.75, 3.05) is 13.2 Å². The van der Waals surface area contributed by atoms with Crippen molar-refractivity contribution in [3.63, 3.8) is 0 Å². The van der Waals surface area contributed by atoms with E-state index in [0.717, 1.165) is 19.6 Å². The van der Waals surface area contributed by atoms with E-state index < -0.39 is 0 Å². The summed E-state index contributed by atoms with van der Waals surface area (Å²) in [7, 11) is 0. The van der Waals surface area contributed by atoms with Gasteiger partial charge in [-0.05, 0) is 42.3 Å². The largest absolute Gasteiger partial charge is 0.357 e. The van der Waals surface area contributed by atoms with Crippen LogP contribution < -0.4 is 5.32 Å².